The molecular weight excluding hydrogens is 314 g/mol. The van der Waals surface area contributed by atoms with Crippen molar-refractivity contribution in [1.29, 1.82) is 0 Å². The van der Waals surface area contributed by atoms with Crippen LogP contribution in [0, 0.1) is 12.8 Å². The molecule has 128 valence electrons. The second-order valence-electron chi connectivity index (χ2n) is 6.71. The molecule has 1 saturated heterocycles. The summed E-state index contributed by atoms with van der Waals surface area (Å²) in [5, 5.41) is 0. The highest BCUT2D eigenvalue weighted by Gasteiger charge is 2.26. The van der Waals surface area contributed by atoms with Gasteiger partial charge in [0.25, 0.3) is 5.91 Å². The van der Waals surface area contributed by atoms with Crippen LogP contribution in [0.25, 0.3) is 11.0 Å². The molecule has 0 aliphatic carbocycles. The third-order valence-electron chi connectivity index (χ3n) is 4.73. The fraction of sp³-hybridized carbons (Fsp3) is 0.368. The van der Waals surface area contributed by atoms with Gasteiger partial charge in [0.15, 0.2) is 0 Å². The predicted octanol–water partition coefficient (Wildman–Crippen LogP) is 2.76. The zero-order valence-electron chi connectivity index (χ0n) is 14.3. The van der Waals surface area contributed by atoms with Crippen LogP contribution in [0.3, 0.4) is 0 Å². The summed E-state index contributed by atoms with van der Waals surface area (Å²) in [6.07, 6.45) is 6.19. The number of hydrogen-bond acceptors (Lipinski definition) is 4. The Morgan fingerprint density at radius 2 is 2.16 bits per heavy atom. The number of fused-ring (bicyclic) bond motifs is 1. The maximum absolute atomic E-state index is 12.6. The summed E-state index contributed by atoms with van der Waals surface area (Å²) < 4.78 is 0. The quantitative estimate of drug-likeness (QED) is 0.798. The molecule has 3 aromatic rings. The number of aromatic amines is 1. The van der Waals surface area contributed by atoms with Crippen molar-refractivity contribution in [2.45, 2.75) is 26.2 Å². The molecule has 1 amide bonds. The topological polar surface area (TPSA) is 74.8 Å². The zero-order valence-corrected chi connectivity index (χ0v) is 14.3. The van der Waals surface area contributed by atoms with Crippen molar-refractivity contribution in [3.8, 4) is 0 Å². The highest BCUT2D eigenvalue weighted by molar-refractivity contribution is 5.92. The van der Waals surface area contributed by atoms with Crippen LogP contribution in [0.1, 0.15) is 34.8 Å². The number of imidazole rings is 1. The molecule has 0 saturated carbocycles. The Balaban J connectivity index is 1.45. The van der Waals surface area contributed by atoms with Crippen molar-refractivity contribution in [2.75, 3.05) is 13.1 Å². The van der Waals surface area contributed by atoms with Crippen LogP contribution >= 0.6 is 0 Å². The summed E-state index contributed by atoms with van der Waals surface area (Å²) in [5.74, 6) is 1.38. The van der Waals surface area contributed by atoms with Gasteiger partial charge in [-0.3, -0.25) is 9.78 Å². The van der Waals surface area contributed by atoms with E-state index in [0.717, 1.165) is 54.9 Å². The number of likely N-dealkylation sites (tertiary alicyclic amines) is 1. The van der Waals surface area contributed by atoms with E-state index in [1.807, 2.05) is 36.1 Å². The van der Waals surface area contributed by atoms with Crippen LogP contribution in [0.4, 0.5) is 0 Å². The Hall–Kier alpha value is -2.76. The molecule has 1 unspecified atom stereocenters. The van der Waals surface area contributed by atoms with Gasteiger partial charge in [-0.15, -0.1) is 0 Å². The minimum Gasteiger partial charge on any atom is -0.342 e. The van der Waals surface area contributed by atoms with E-state index in [2.05, 4.69) is 19.9 Å². The van der Waals surface area contributed by atoms with Gasteiger partial charge in [0.05, 0.1) is 22.9 Å². The van der Waals surface area contributed by atoms with Crippen molar-refractivity contribution in [2.24, 2.45) is 5.92 Å². The van der Waals surface area contributed by atoms with E-state index in [4.69, 9.17) is 0 Å². The van der Waals surface area contributed by atoms with Gasteiger partial charge in [0, 0.05) is 25.7 Å². The van der Waals surface area contributed by atoms with Crippen molar-refractivity contribution in [3.05, 3.63) is 53.9 Å². The summed E-state index contributed by atoms with van der Waals surface area (Å²) in [7, 11) is 0. The highest BCUT2D eigenvalue weighted by atomic mass is 16.2. The fourth-order valence-electron chi connectivity index (χ4n) is 3.46. The SMILES string of the molecule is Cc1cnc(C(=O)N2CCCC(Cc3nc4ccccc4[nH]3)C2)cn1. The molecule has 6 heteroatoms. The summed E-state index contributed by atoms with van der Waals surface area (Å²) in [5.41, 5.74) is 3.31. The molecule has 6 nitrogen and oxygen atoms in total. The molecule has 1 N–H and O–H groups in total. The molecule has 1 atom stereocenters. The van der Waals surface area contributed by atoms with Crippen molar-refractivity contribution >= 4 is 16.9 Å². The molecule has 25 heavy (non-hydrogen) atoms. The number of carbonyl (C=O) groups is 1. The van der Waals surface area contributed by atoms with E-state index in [0.29, 0.717) is 11.6 Å². The van der Waals surface area contributed by atoms with Crippen molar-refractivity contribution in [3.63, 3.8) is 0 Å². The maximum Gasteiger partial charge on any atom is 0.274 e. The Labute approximate surface area is 146 Å². The maximum atomic E-state index is 12.6. The molecule has 0 bridgehead atoms. The fourth-order valence-corrected chi connectivity index (χ4v) is 3.46. The Bertz CT molecular complexity index is 853. The molecule has 1 aromatic carbocycles. The average Bonchev–Trinajstić information content (AvgIpc) is 3.04. The van der Waals surface area contributed by atoms with Gasteiger partial charge in [0.2, 0.25) is 0 Å². The highest BCUT2D eigenvalue weighted by Crippen LogP contribution is 2.22. The number of aryl methyl sites for hydroxylation is 1. The monoisotopic (exact) mass is 335 g/mol. The molecule has 0 spiro atoms. The van der Waals surface area contributed by atoms with Gasteiger partial charge in [-0.25, -0.2) is 9.97 Å². The first kappa shape index (κ1) is 15.7. The van der Waals surface area contributed by atoms with Gasteiger partial charge in [-0.2, -0.15) is 0 Å². The summed E-state index contributed by atoms with van der Waals surface area (Å²) in [4.78, 5) is 31.0. The lowest BCUT2D eigenvalue weighted by molar-refractivity contribution is 0.0666. The van der Waals surface area contributed by atoms with Crippen LogP contribution in [0.5, 0.6) is 0 Å². The van der Waals surface area contributed by atoms with Crippen LogP contribution in [-0.2, 0) is 6.42 Å². The predicted molar refractivity (Wildman–Crippen MR) is 95.2 cm³/mol. The van der Waals surface area contributed by atoms with E-state index >= 15 is 0 Å². The number of H-pyrrole nitrogens is 1. The molecule has 1 fully saturated rings. The number of benzene rings is 1. The second kappa shape index (κ2) is 6.63. The van der Waals surface area contributed by atoms with Crippen molar-refractivity contribution in [1.82, 2.24) is 24.8 Å². The summed E-state index contributed by atoms with van der Waals surface area (Å²) >= 11 is 0. The molecule has 0 radical (unpaired) electrons. The Morgan fingerprint density at radius 1 is 1.28 bits per heavy atom. The Kier molecular flexibility index (Phi) is 4.17. The lowest BCUT2D eigenvalue weighted by Crippen LogP contribution is -2.41. The summed E-state index contributed by atoms with van der Waals surface area (Å²) in [6, 6.07) is 8.06. The molecule has 1 aliphatic rings. The molecular formula is C19H21N5O. The van der Waals surface area contributed by atoms with E-state index in [9.17, 15) is 4.79 Å². The Morgan fingerprint density at radius 3 is 2.96 bits per heavy atom. The van der Waals surface area contributed by atoms with Crippen LogP contribution in [0.15, 0.2) is 36.7 Å². The van der Waals surface area contributed by atoms with Crippen molar-refractivity contribution < 1.29 is 4.79 Å². The number of nitrogens with one attached hydrogen (secondary N) is 1. The van der Waals surface area contributed by atoms with E-state index in [1.165, 1.54) is 0 Å². The molecule has 4 rings (SSSR count). The van der Waals surface area contributed by atoms with Crippen LogP contribution in [-0.4, -0.2) is 43.8 Å². The lowest BCUT2D eigenvalue weighted by atomic mass is 9.94. The molecule has 3 heterocycles. The first-order valence-electron chi connectivity index (χ1n) is 8.70. The third-order valence-corrected chi connectivity index (χ3v) is 4.73. The number of nitrogens with zero attached hydrogens (tertiary/aromatic N) is 4. The second-order valence-corrected chi connectivity index (χ2v) is 6.71. The number of carbonyl (C=O) groups excluding carboxylic acids is 1. The standard InChI is InChI=1S/C19H21N5O/c1-13-10-21-17(11-20-13)19(25)24-8-4-5-14(12-24)9-18-22-15-6-2-3-7-16(15)23-18/h2-3,6-7,10-11,14H,4-5,8-9,12H2,1H3,(H,22,23). The van der Waals surface area contributed by atoms with Gasteiger partial charge in [0.1, 0.15) is 11.5 Å². The number of piperidine rings is 1. The minimum absolute atomic E-state index is 0.0261. The minimum atomic E-state index is -0.0261. The first-order valence-corrected chi connectivity index (χ1v) is 8.70. The van der Waals surface area contributed by atoms with Gasteiger partial charge in [-0.1, -0.05) is 12.1 Å². The number of amides is 1. The molecule has 1 aliphatic heterocycles. The summed E-state index contributed by atoms with van der Waals surface area (Å²) in [6.45, 7) is 3.39. The van der Waals surface area contributed by atoms with Gasteiger partial charge >= 0.3 is 0 Å². The number of para-hydroxylation sites is 2. The van der Waals surface area contributed by atoms with Gasteiger partial charge in [-0.05, 0) is 37.8 Å². The lowest BCUT2D eigenvalue weighted by Gasteiger charge is -2.32. The van der Waals surface area contributed by atoms with Crippen LogP contribution < -0.4 is 0 Å². The van der Waals surface area contributed by atoms with E-state index < -0.39 is 0 Å². The molecule has 2 aromatic heterocycles. The number of rotatable bonds is 3. The van der Waals surface area contributed by atoms with Gasteiger partial charge < -0.3 is 9.88 Å². The van der Waals surface area contributed by atoms with E-state index in [-0.39, 0.29) is 5.91 Å². The van der Waals surface area contributed by atoms with Crippen LogP contribution in [0.2, 0.25) is 0 Å². The number of aromatic nitrogens is 4. The number of hydrogen-bond donors (Lipinski definition) is 1. The smallest absolute Gasteiger partial charge is 0.274 e. The largest absolute Gasteiger partial charge is 0.342 e. The third kappa shape index (κ3) is 3.38. The normalized spacial score (nSPS) is 17.8. The zero-order chi connectivity index (χ0) is 17.2. The first-order chi connectivity index (χ1) is 12.2. The average molecular weight is 335 g/mol. The van der Waals surface area contributed by atoms with E-state index in [1.54, 1.807) is 12.4 Å².